The molecule has 1 aliphatic rings. The molecule has 1 aromatic rings. The van der Waals surface area contributed by atoms with Gasteiger partial charge in [0.1, 0.15) is 0 Å². The smallest absolute Gasteiger partial charge is 0.0308 e. The molecule has 2 rings (SSSR count). The Morgan fingerprint density at radius 3 is 3.31 bits per heavy atom. The lowest BCUT2D eigenvalue weighted by atomic mass is 10.3. The molecule has 70 valence electrons. The van der Waals surface area contributed by atoms with E-state index in [4.69, 9.17) is 0 Å². The molecule has 1 aliphatic heterocycles. The van der Waals surface area contributed by atoms with Crippen LogP contribution in [0.1, 0.15) is 12.0 Å². The molecule has 1 N–H and O–H groups in total. The number of thioether (sulfide) groups is 1. The van der Waals surface area contributed by atoms with Gasteiger partial charge in [-0.25, -0.2) is 0 Å². The van der Waals surface area contributed by atoms with Crippen LogP contribution < -0.4 is 5.32 Å². The zero-order chi connectivity index (χ0) is 8.93. The molecule has 1 fully saturated rings. The van der Waals surface area contributed by atoms with E-state index in [1.165, 1.54) is 25.1 Å². The summed E-state index contributed by atoms with van der Waals surface area (Å²) in [6.45, 7) is 2.36. The summed E-state index contributed by atoms with van der Waals surface area (Å²) < 4.78 is 0. The fourth-order valence-electron chi connectivity index (χ4n) is 1.47. The van der Waals surface area contributed by atoms with Crippen molar-refractivity contribution in [1.82, 2.24) is 10.3 Å². The van der Waals surface area contributed by atoms with Crippen LogP contribution in [-0.4, -0.2) is 23.3 Å². The van der Waals surface area contributed by atoms with Crippen LogP contribution in [0.2, 0.25) is 0 Å². The first-order valence-electron chi connectivity index (χ1n) is 4.66. The Morgan fingerprint density at radius 2 is 2.62 bits per heavy atom. The Bertz CT molecular complexity index is 244. The van der Waals surface area contributed by atoms with Gasteiger partial charge < -0.3 is 5.32 Å². The lowest BCUT2D eigenvalue weighted by molar-refractivity contribution is 0.858. The van der Waals surface area contributed by atoms with E-state index in [9.17, 15) is 0 Å². The molecule has 13 heavy (non-hydrogen) atoms. The molecule has 0 saturated carbocycles. The van der Waals surface area contributed by atoms with Gasteiger partial charge in [-0.3, -0.25) is 4.98 Å². The van der Waals surface area contributed by atoms with Gasteiger partial charge in [0.15, 0.2) is 0 Å². The number of nitrogens with zero attached hydrogens (tertiary/aromatic N) is 1. The summed E-state index contributed by atoms with van der Waals surface area (Å²) in [5.74, 6) is 1.10. The second-order valence-corrected chi connectivity index (χ2v) is 4.58. The summed E-state index contributed by atoms with van der Waals surface area (Å²) >= 11 is 2.03. The standard InChI is InChI=1S/C10H14N2S/c1-2-9(6-11-4-1)8-13-10-3-5-12-7-10/h1-2,4,6,10,12H,3,5,7-8H2. The van der Waals surface area contributed by atoms with Crippen LogP contribution in [0.5, 0.6) is 0 Å². The number of hydrogen-bond acceptors (Lipinski definition) is 3. The zero-order valence-electron chi connectivity index (χ0n) is 7.57. The average molecular weight is 194 g/mol. The van der Waals surface area contributed by atoms with Gasteiger partial charge in [0.05, 0.1) is 0 Å². The summed E-state index contributed by atoms with van der Waals surface area (Å²) in [6, 6.07) is 4.14. The van der Waals surface area contributed by atoms with E-state index in [1.807, 2.05) is 30.2 Å². The molecule has 0 aromatic carbocycles. The highest BCUT2D eigenvalue weighted by Crippen LogP contribution is 2.21. The molecule has 2 nitrogen and oxygen atoms in total. The summed E-state index contributed by atoms with van der Waals surface area (Å²) in [7, 11) is 0. The van der Waals surface area contributed by atoms with Gasteiger partial charge in [-0.1, -0.05) is 6.07 Å². The quantitative estimate of drug-likeness (QED) is 0.792. The second-order valence-electron chi connectivity index (χ2n) is 3.29. The fraction of sp³-hybridized carbons (Fsp3) is 0.500. The maximum Gasteiger partial charge on any atom is 0.0308 e. The van der Waals surface area contributed by atoms with Crippen molar-refractivity contribution in [3.8, 4) is 0 Å². The van der Waals surface area contributed by atoms with Crippen molar-refractivity contribution in [2.45, 2.75) is 17.4 Å². The number of rotatable bonds is 3. The third-order valence-corrected chi connectivity index (χ3v) is 3.60. The molecule has 3 heteroatoms. The Morgan fingerprint density at radius 1 is 1.62 bits per heavy atom. The molecule has 0 bridgehead atoms. The van der Waals surface area contributed by atoms with Crippen molar-refractivity contribution in [2.24, 2.45) is 0 Å². The number of nitrogens with one attached hydrogen (secondary N) is 1. The first kappa shape index (κ1) is 9.03. The number of aromatic nitrogens is 1. The molecule has 0 spiro atoms. The third kappa shape index (κ3) is 2.71. The Labute approximate surface area is 83.1 Å². The molecule has 0 amide bonds. The van der Waals surface area contributed by atoms with E-state index in [0.29, 0.717) is 0 Å². The van der Waals surface area contributed by atoms with E-state index in [0.717, 1.165) is 11.0 Å². The van der Waals surface area contributed by atoms with E-state index in [-0.39, 0.29) is 0 Å². The minimum atomic E-state index is 0.806. The molecule has 1 unspecified atom stereocenters. The topological polar surface area (TPSA) is 24.9 Å². The lowest BCUT2D eigenvalue weighted by Crippen LogP contribution is -2.10. The van der Waals surface area contributed by atoms with Crippen LogP contribution in [0.4, 0.5) is 0 Å². The SMILES string of the molecule is c1cncc(CSC2CCNC2)c1. The highest BCUT2D eigenvalue weighted by Gasteiger charge is 2.14. The van der Waals surface area contributed by atoms with Gasteiger partial charge in [-0.2, -0.15) is 11.8 Å². The van der Waals surface area contributed by atoms with Crippen molar-refractivity contribution in [1.29, 1.82) is 0 Å². The van der Waals surface area contributed by atoms with Crippen molar-refractivity contribution in [3.05, 3.63) is 30.1 Å². The summed E-state index contributed by atoms with van der Waals surface area (Å²) in [5.41, 5.74) is 1.33. The lowest BCUT2D eigenvalue weighted by Gasteiger charge is -2.06. The second kappa shape index (κ2) is 4.63. The largest absolute Gasteiger partial charge is 0.316 e. The minimum Gasteiger partial charge on any atom is -0.316 e. The Kier molecular flexibility index (Phi) is 3.22. The van der Waals surface area contributed by atoms with E-state index in [1.54, 1.807) is 0 Å². The van der Waals surface area contributed by atoms with Gasteiger partial charge in [0.25, 0.3) is 0 Å². The van der Waals surface area contributed by atoms with Crippen molar-refractivity contribution < 1.29 is 0 Å². The van der Waals surface area contributed by atoms with Gasteiger partial charge in [0, 0.05) is 29.9 Å². The maximum absolute atomic E-state index is 4.10. The van der Waals surface area contributed by atoms with Crippen LogP contribution >= 0.6 is 11.8 Å². The molecular weight excluding hydrogens is 180 g/mol. The first-order valence-corrected chi connectivity index (χ1v) is 5.71. The minimum absolute atomic E-state index is 0.806. The zero-order valence-corrected chi connectivity index (χ0v) is 8.39. The molecule has 2 heterocycles. The van der Waals surface area contributed by atoms with Gasteiger partial charge in [-0.05, 0) is 24.6 Å². The molecule has 1 atom stereocenters. The van der Waals surface area contributed by atoms with E-state index in [2.05, 4.69) is 16.4 Å². The van der Waals surface area contributed by atoms with E-state index >= 15 is 0 Å². The summed E-state index contributed by atoms with van der Waals surface area (Å²) in [6.07, 6.45) is 5.09. The van der Waals surface area contributed by atoms with Crippen LogP contribution in [0, 0.1) is 0 Å². The summed E-state index contributed by atoms with van der Waals surface area (Å²) in [4.78, 5) is 4.10. The van der Waals surface area contributed by atoms with Crippen LogP contribution in [-0.2, 0) is 5.75 Å². The maximum atomic E-state index is 4.10. The van der Waals surface area contributed by atoms with Crippen molar-refractivity contribution >= 4 is 11.8 Å². The third-order valence-electron chi connectivity index (χ3n) is 2.22. The van der Waals surface area contributed by atoms with Gasteiger partial charge in [-0.15, -0.1) is 0 Å². The Hall–Kier alpha value is -0.540. The fourth-order valence-corrected chi connectivity index (χ4v) is 2.59. The normalized spacial score (nSPS) is 22.0. The molecule has 0 radical (unpaired) electrons. The highest BCUT2D eigenvalue weighted by molar-refractivity contribution is 7.99. The van der Waals surface area contributed by atoms with Crippen LogP contribution in [0.15, 0.2) is 24.5 Å². The number of hydrogen-bond donors (Lipinski definition) is 1. The number of pyridine rings is 1. The van der Waals surface area contributed by atoms with Crippen LogP contribution in [0.25, 0.3) is 0 Å². The van der Waals surface area contributed by atoms with Crippen LogP contribution in [0.3, 0.4) is 0 Å². The molecule has 1 saturated heterocycles. The first-order chi connectivity index (χ1) is 6.45. The monoisotopic (exact) mass is 194 g/mol. The average Bonchev–Trinajstić information content (AvgIpc) is 2.69. The Balaban J connectivity index is 1.79. The molecular formula is C10H14N2S. The van der Waals surface area contributed by atoms with Crippen molar-refractivity contribution in [3.63, 3.8) is 0 Å². The van der Waals surface area contributed by atoms with Gasteiger partial charge >= 0.3 is 0 Å². The molecule has 1 aromatic heterocycles. The molecule has 0 aliphatic carbocycles. The van der Waals surface area contributed by atoms with Gasteiger partial charge in [0.2, 0.25) is 0 Å². The summed E-state index contributed by atoms with van der Waals surface area (Å²) in [5, 5.41) is 4.18. The predicted molar refractivity (Wildman–Crippen MR) is 56.8 cm³/mol. The predicted octanol–water partition coefficient (Wildman–Crippen LogP) is 1.68. The van der Waals surface area contributed by atoms with Crippen molar-refractivity contribution in [2.75, 3.05) is 13.1 Å². The highest BCUT2D eigenvalue weighted by atomic mass is 32.2. The van der Waals surface area contributed by atoms with E-state index < -0.39 is 0 Å².